The van der Waals surface area contributed by atoms with E-state index >= 15 is 0 Å². The lowest BCUT2D eigenvalue weighted by molar-refractivity contribution is -0.147. The lowest BCUT2D eigenvalue weighted by Crippen LogP contribution is -2.55. The highest BCUT2D eigenvalue weighted by atomic mass is 16.5. The molecule has 8 heteroatoms. The molecule has 0 bridgehead atoms. The van der Waals surface area contributed by atoms with E-state index in [0.717, 1.165) is 6.42 Å². The van der Waals surface area contributed by atoms with Crippen molar-refractivity contribution >= 4 is 29.3 Å². The standard InChI is InChI=1S/C28H41N3O5/c1-8-16(4)23-21(19-13-11-12-14-20(19)26(33)30-23)15-22(32)29-24(17(5)9-2)27(34)31-25(18(6)10-3)28(35)36-7/h11-18,23-25H,8-10H2,1-7H3,(H,29,32)(H,30,33)(H,31,34)/t16?,17-,18-,23-,24-,25-/m0/s1. The molecule has 1 aliphatic heterocycles. The van der Waals surface area contributed by atoms with Crippen LogP contribution >= 0.6 is 0 Å². The molecular weight excluding hydrogens is 458 g/mol. The molecule has 2 rings (SSSR count). The first-order valence-corrected chi connectivity index (χ1v) is 12.9. The maximum atomic E-state index is 13.3. The summed E-state index contributed by atoms with van der Waals surface area (Å²) in [4.78, 5) is 51.5. The van der Waals surface area contributed by atoms with Crippen molar-refractivity contribution in [3.05, 3.63) is 41.5 Å². The summed E-state index contributed by atoms with van der Waals surface area (Å²) in [7, 11) is 1.29. The van der Waals surface area contributed by atoms with Crippen LogP contribution in [-0.4, -0.2) is 48.9 Å². The molecule has 1 aliphatic rings. The van der Waals surface area contributed by atoms with Gasteiger partial charge in [-0.15, -0.1) is 0 Å². The van der Waals surface area contributed by atoms with Crippen LogP contribution in [0, 0.1) is 17.8 Å². The Labute approximate surface area is 214 Å². The largest absolute Gasteiger partial charge is 0.467 e. The topological polar surface area (TPSA) is 114 Å². The zero-order chi connectivity index (χ0) is 27.0. The summed E-state index contributed by atoms with van der Waals surface area (Å²) in [5.41, 5.74) is 1.95. The number of ether oxygens (including phenoxy) is 1. The number of fused-ring (bicyclic) bond motifs is 1. The first-order valence-electron chi connectivity index (χ1n) is 12.9. The Hall–Kier alpha value is -3.16. The van der Waals surface area contributed by atoms with Crippen LogP contribution in [0.3, 0.4) is 0 Å². The van der Waals surface area contributed by atoms with Crippen LogP contribution in [0.1, 0.15) is 76.7 Å². The van der Waals surface area contributed by atoms with Crippen LogP contribution in [0.2, 0.25) is 0 Å². The molecule has 3 amide bonds. The average molecular weight is 500 g/mol. The fraction of sp³-hybridized carbons (Fsp3) is 0.571. The number of carbonyl (C=O) groups is 4. The molecule has 1 aromatic rings. The van der Waals surface area contributed by atoms with Gasteiger partial charge in [0.15, 0.2) is 0 Å². The quantitative estimate of drug-likeness (QED) is 0.319. The van der Waals surface area contributed by atoms with Gasteiger partial charge in [0.25, 0.3) is 5.91 Å². The fourth-order valence-electron chi connectivity index (χ4n) is 4.33. The highest BCUT2D eigenvalue weighted by Crippen LogP contribution is 2.31. The summed E-state index contributed by atoms with van der Waals surface area (Å²) in [5, 5.41) is 8.69. The molecule has 0 saturated carbocycles. The number of hydrogen-bond acceptors (Lipinski definition) is 5. The number of rotatable bonds is 11. The zero-order valence-corrected chi connectivity index (χ0v) is 22.5. The van der Waals surface area contributed by atoms with E-state index in [2.05, 4.69) is 16.0 Å². The van der Waals surface area contributed by atoms with Crippen LogP contribution in [0.25, 0.3) is 5.57 Å². The predicted octanol–water partition coefficient (Wildman–Crippen LogP) is 3.46. The van der Waals surface area contributed by atoms with E-state index in [1.54, 1.807) is 12.1 Å². The second-order valence-electron chi connectivity index (χ2n) is 9.75. The first kappa shape index (κ1) is 29.1. The number of hydrogen-bond donors (Lipinski definition) is 3. The van der Waals surface area contributed by atoms with Crippen molar-refractivity contribution in [3.63, 3.8) is 0 Å². The summed E-state index contributed by atoms with van der Waals surface area (Å²) >= 11 is 0. The van der Waals surface area contributed by atoms with Gasteiger partial charge >= 0.3 is 5.97 Å². The molecule has 0 radical (unpaired) electrons. The number of esters is 1. The second kappa shape index (κ2) is 13.2. The van der Waals surface area contributed by atoms with Crippen LogP contribution in [0.15, 0.2) is 30.3 Å². The van der Waals surface area contributed by atoms with Crippen LogP contribution < -0.4 is 16.0 Å². The molecule has 0 spiro atoms. The molecule has 1 aromatic carbocycles. The Morgan fingerprint density at radius 3 is 2.08 bits per heavy atom. The van der Waals surface area contributed by atoms with E-state index in [1.807, 2.05) is 53.7 Å². The lowest BCUT2D eigenvalue weighted by Gasteiger charge is -2.33. The third-order valence-corrected chi connectivity index (χ3v) is 7.36. The molecule has 198 valence electrons. The number of amides is 3. The molecular formula is C28H41N3O5. The van der Waals surface area contributed by atoms with Gasteiger partial charge in [0.1, 0.15) is 12.1 Å². The van der Waals surface area contributed by atoms with Crippen molar-refractivity contribution in [3.8, 4) is 0 Å². The van der Waals surface area contributed by atoms with Gasteiger partial charge in [-0.1, -0.05) is 79.0 Å². The summed E-state index contributed by atoms with van der Waals surface area (Å²) < 4.78 is 4.89. The Kier molecular flexibility index (Phi) is 10.7. The Balaban J connectivity index is 2.37. The minimum atomic E-state index is -0.842. The van der Waals surface area contributed by atoms with Crippen molar-refractivity contribution in [2.24, 2.45) is 17.8 Å². The molecule has 0 saturated heterocycles. The van der Waals surface area contributed by atoms with Gasteiger partial charge < -0.3 is 20.7 Å². The molecule has 0 aromatic heterocycles. The van der Waals surface area contributed by atoms with E-state index < -0.39 is 29.9 Å². The van der Waals surface area contributed by atoms with Gasteiger partial charge in [-0.2, -0.15) is 0 Å². The average Bonchev–Trinajstić information content (AvgIpc) is 2.89. The molecule has 1 heterocycles. The Morgan fingerprint density at radius 1 is 0.944 bits per heavy atom. The minimum Gasteiger partial charge on any atom is -0.467 e. The van der Waals surface area contributed by atoms with Gasteiger partial charge in [0, 0.05) is 11.6 Å². The first-order chi connectivity index (χ1) is 17.1. The third-order valence-electron chi connectivity index (χ3n) is 7.36. The molecule has 8 nitrogen and oxygen atoms in total. The maximum absolute atomic E-state index is 13.3. The number of nitrogens with one attached hydrogen (secondary N) is 3. The van der Waals surface area contributed by atoms with Gasteiger partial charge in [-0.3, -0.25) is 14.4 Å². The Morgan fingerprint density at radius 2 is 1.53 bits per heavy atom. The van der Waals surface area contributed by atoms with Gasteiger partial charge in [-0.25, -0.2) is 4.79 Å². The van der Waals surface area contributed by atoms with Crippen molar-refractivity contribution in [2.45, 2.75) is 78.9 Å². The van der Waals surface area contributed by atoms with Gasteiger partial charge in [0.2, 0.25) is 11.8 Å². The smallest absolute Gasteiger partial charge is 0.328 e. The van der Waals surface area contributed by atoms with Crippen molar-refractivity contribution in [1.82, 2.24) is 16.0 Å². The third kappa shape index (κ3) is 6.74. The molecule has 3 N–H and O–H groups in total. The number of methoxy groups -OCH3 is 1. The Bertz CT molecular complexity index is 989. The van der Waals surface area contributed by atoms with Crippen molar-refractivity contribution in [2.75, 3.05) is 7.11 Å². The summed E-state index contributed by atoms with van der Waals surface area (Å²) in [5.74, 6) is -1.73. The van der Waals surface area contributed by atoms with Crippen molar-refractivity contribution in [1.29, 1.82) is 0 Å². The zero-order valence-electron chi connectivity index (χ0n) is 22.5. The fourth-order valence-corrected chi connectivity index (χ4v) is 4.33. The van der Waals surface area contributed by atoms with Crippen LogP contribution in [0.5, 0.6) is 0 Å². The monoisotopic (exact) mass is 499 g/mol. The summed E-state index contributed by atoms with van der Waals surface area (Å²) in [6.07, 6.45) is 3.63. The molecule has 0 fully saturated rings. The van der Waals surface area contributed by atoms with E-state index in [4.69, 9.17) is 4.74 Å². The van der Waals surface area contributed by atoms with Gasteiger partial charge in [-0.05, 0) is 35.0 Å². The lowest BCUT2D eigenvalue weighted by atomic mass is 9.82. The maximum Gasteiger partial charge on any atom is 0.328 e. The second-order valence-corrected chi connectivity index (χ2v) is 9.75. The predicted molar refractivity (Wildman–Crippen MR) is 140 cm³/mol. The van der Waals surface area contributed by atoms with E-state index in [0.29, 0.717) is 29.5 Å². The minimum absolute atomic E-state index is 0.103. The normalized spacial score (nSPS) is 20.2. The number of carbonyl (C=O) groups excluding carboxylic acids is 4. The molecule has 1 unspecified atom stereocenters. The van der Waals surface area contributed by atoms with E-state index in [1.165, 1.54) is 13.2 Å². The molecule has 36 heavy (non-hydrogen) atoms. The number of benzene rings is 1. The highest BCUT2D eigenvalue weighted by Gasteiger charge is 2.34. The highest BCUT2D eigenvalue weighted by molar-refractivity contribution is 6.07. The van der Waals surface area contributed by atoms with Gasteiger partial charge in [0.05, 0.1) is 13.2 Å². The molecule has 0 aliphatic carbocycles. The van der Waals surface area contributed by atoms with Crippen LogP contribution in [0.4, 0.5) is 0 Å². The SMILES string of the molecule is CCC(C)[C@@H]1NC(=O)c2ccccc2C1=CC(=O)N[C@H](C(=O)N[C@H](C(=O)OC)[C@@H](C)CC)[C@@H](C)CC. The summed E-state index contributed by atoms with van der Waals surface area (Å²) in [6.45, 7) is 11.7. The van der Waals surface area contributed by atoms with E-state index in [-0.39, 0.29) is 29.7 Å². The summed E-state index contributed by atoms with van der Waals surface area (Å²) in [6, 6.07) is 5.24. The van der Waals surface area contributed by atoms with Crippen molar-refractivity contribution < 1.29 is 23.9 Å². The van der Waals surface area contributed by atoms with E-state index in [9.17, 15) is 19.2 Å². The van der Waals surface area contributed by atoms with Crippen LogP contribution in [-0.2, 0) is 19.1 Å². The molecule has 6 atom stereocenters.